The molecule has 0 aliphatic heterocycles. The third kappa shape index (κ3) is 4.57. The summed E-state index contributed by atoms with van der Waals surface area (Å²) in [4.78, 5) is 4.34. The van der Waals surface area contributed by atoms with Crippen LogP contribution in [0.3, 0.4) is 0 Å². The monoisotopic (exact) mass is 423 g/mol. The van der Waals surface area contributed by atoms with Crippen molar-refractivity contribution in [1.29, 1.82) is 0 Å². The first-order valence-corrected chi connectivity index (χ1v) is 8.16. The topological polar surface area (TPSA) is 76.7 Å². The third-order valence-electron chi connectivity index (χ3n) is 3.77. The Balaban J connectivity index is 0.00000220. The van der Waals surface area contributed by atoms with Gasteiger partial charge < -0.3 is 15.8 Å². The van der Waals surface area contributed by atoms with Crippen LogP contribution in [0, 0.1) is 0 Å². The molecule has 1 fully saturated rings. The van der Waals surface area contributed by atoms with Gasteiger partial charge in [-0.2, -0.15) is 0 Å². The minimum absolute atomic E-state index is 0. The maximum absolute atomic E-state index is 11.8. The second-order valence-corrected chi connectivity index (χ2v) is 6.82. The minimum Gasteiger partial charge on any atom is -0.497 e. The Morgan fingerprint density at radius 3 is 2.48 bits per heavy atom. The van der Waals surface area contributed by atoms with Crippen molar-refractivity contribution in [2.45, 2.75) is 24.0 Å². The summed E-state index contributed by atoms with van der Waals surface area (Å²) in [5.41, 5.74) is 6.73. The maximum Gasteiger partial charge on any atom is 0.193 e. The molecule has 2 rings (SSSR count). The minimum atomic E-state index is -0.856. The fraction of sp³-hybridized carbons (Fsp3) is 0.500. The van der Waals surface area contributed by atoms with Crippen molar-refractivity contribution in [2.75, 3.05) is 25.2 Å². The number of hydrogen-bond acceptors (Lipinski definition) is 3. The maximum atomic E-state index is 11.8. The highest BCUT2D eigenvalue weighted by atomic mass is 127. The molecule has 0 amide bonds. The van der Waals surface area contributed by atoms with Gasteiger partial charge in [-0.1, -0.05) is 6.42 Å². The summed E-state index contributed by atoms with van der Waals surface area (Å²) in [5.74, 6) is 1.15. The normalized spacial score (nSPS) is 18.1. The molecule has 0 bridgehead atoms. The van der Waals surface area contributed by atoms with Crippen LogP contribution in [0.5, 0.6) is 5.75 Å². The lowest BCUT2D eigenvalue weighted by Gasteiger charge is -2.38. The van der Waals surface area contributed by atoms with E-state index in [1.807, 2.05) is 24.3 Å². The van der Waals surface area contributed by atoms with Crippen LogP contribution in [0.2, 0.25) is 0 Å². The average molecular weight is 423 g/mol. The molecule has 1 aliphatic rings. The van der Waals surface area contributed by atoms with E-state index in [-0.39, 0.29) is 28.7 Å². The lowest BCUT2D eigenvalue weighted by atomic mass is 9.84. The van der Waals surface area contributed by atoms with E-state index in [4.69, 9.17) is 10.5 Å². The number of aliphatic imine (C=N–C) groups is 1. The van der Waals surface area contributed by atoms with E-state index in [2.05, 4.69) is 10.3 Å². The van der Waals surface area contributed by atoms with Crippen LogP contribution < -0.4 is 15.8 Å². The number of rotatable bonds is 5. The molecule has 7 heteroatoms. The van der Waals surface area contributed by atoms with E-state index >= 15 is 0 Å². The Morgan fingerprint density at radius 1 is 1.43 bits per heavy atom. The number of nitrogens with two attached hydrogens (primary N) is 1. The van der Waals surface area contributed by atoms with Crippen LogP contribution >= 0.6 is 24.0 Å². The molecule has 1 unspecified atom stereocenters. The van der Waals surface area contributed by atoms with Crippen LogP contribution in [0.1, 0.15) is 19.3 Å². The van der Waals surface area contributed by atoms with E-state index in [1.54, 1.807) is 13.4 Å². The zero-order valence-electron chi connectivity index (χ0n) is 12.3. The van der Waals surface area contributed by atoms with E-state index in [1.165, 1.54) is 0 Å². The number of methoxy groups -OCH3 is 1. The summed E-state index contributed by atoms with van der Waals surface area (Å²) in [5, 5.41) is 3.03. The number of nitrogens with one attached hydrogen (secondary N) is 1. The fourth-order valence-corrected chi connectivity index (χ4v) is 3.31. The second-order valence-electron chi connectivity index (χ2n) is 5.05. The van der Waals surface area contributed by atoms with Gasteiger partial charge in [0.25, 0.3) is 0 Å². The molecule has 1 aromatic carbocycles. The van der Waals surface area contributed by atoms with Crippen molar-refractivity contribution in [1.82, 2.24) is 0 Å². The highest BCUT2D eigenvalue weighted by molar-refractivity contribution is 14.0. The summed E-state index contributed by atoms with van der Waals surface area (Å²) in [6, 6.07) is 7.45. The highest BCUT2D eigenvalue weighted by Crippen LogP contribution is 2.37. The lowest BCUT2D eigenvalue weighted by Crippen LogP contribution is -2.44. The number of benzene rings is 1. The number of nitrogens with zero attached hydrogens (tertiary/aromatic N) is 1. The SMILES string of the molecule is COc1ccc(NC(N)=NCC2(S(C)=O)CCC2)cc1.I. The van der Waals surface area contributed by atoms with Crippen LogP contribution in [-0.2, 0) is 10.8 Å². The van der Waals surface area contributed by atoms with Gasteiger partial charge in [0.15, 0.2) is 5.96 Å². The number of hydrogen-bond donors (Lipinski definition) is 2. The number of halogens is 1. The first-order valence-electron chi connectivity index (χ1n) is 6.60. The van der Waals surface area contributed by atoms with Crippen LogP contribution in [-0.4, -0.2) is 34.8 Å². The van der Waals surface area contributed by atoms with Gasteiger partial charge in [-0.3, -0.25) is 9.20 Å². The van der Waals surface area contributed by atoms with Crippen molar-refractivity contribution < 1.29 is 8.95 Å². The quantitative estimate of drug-likeness (QED) is 0.433. The fourth-order valence-electron chi connectivity index (χ4n) is 2.20. The molecule has 0 spiro atoms. The summed E-state index contributed by atoms with van der Waals surface area (Å²) in [6.07, 6.45) is 4.81. The van der Waals surface area contributed by atoms with E-state index < -0.39 is 10.8 Å². The largest absolute Gasteiger partial charge is 0.497 e. The molecule has 0 saturated heterocycles. The summed E-state index contributed by atoms with van der Waals surface area (Å²) in [6.45, 7) is 0.519. The van der Waals surface area contributed by atoms with E-state index in [9.17, 15) is 4.21 Å². The molecule has 1 aromatic rings. The molecular formula is C14H22IN3O2S. The van der Waals surface area contributed by atoms with Crippen molar-refractivity contribution in [3.8, 4) is 5.75 Å². The van der Waals surface area contributed by atoms with Crippen LogP contribution in [0.4, 0.5) is 5.69 Å². The first-order chi connectivity index (χ1) is 9.55. The Kier molecular flexibility index (Phi) is 6.92. The zero-order valence-corrected chi connectivity index (χ0v) is 15.4. The molecule has 5 nitrogen and oxygen atoms in total. The van der Waals surface area contributed by atoms with Crippen molar-refractivity contribution in [2.24, 2.45) is 10.7 Å². The molecule has 3 N–H and O–H groups in total. The molecule has 0 radical (unpaired) electrons. The Hall–Kier alpha value is -0.830. The van der Waals surface area contributed by atoms with Gasteiger partial charge in [0.2, 0.25) is 0 Å². The van der Waals surface area contributed by atoms with E-state index in [0.717, 1.165) is 30.7 Å². The third-order valence-corrected chi connectivity index (χ3v) is 5.53. The van der Waals surface area contributed by atoms with Crippen molar-refractivity contribution in [3.63, 3.8) is 0 Å². The molecule has 118 valence electrons. The second kappa shape index (κ2) is 7.98. The Morgan fingerprint density at radius 2 is 2.05 bits per heavy atom. The highest BCUT2D eigenvalue weighted by Gasteiger charge is 2.40. The van der Waals surface area contributed by atoms with Gasteiger partial charge in [0.05, 0.1) is 18.4 Å². The number of guanidine groups is 1. The average Bonchev–Trinajstić information content (AvgIpc) is 2.38. The molecule has 1 atom stereocenters. The predicted molar refractivity (Wildman–Crippen MR) is 99.2 cm³/mol. The van der Waals surface area contributed by atoms with Gasteiger partial charge in [-0.15, -0.1) is 24.0 Å². The summed E-state index contributed by atoms with van der Waals surface area (Å²) in [7, 11) is 0.770. The molecule has 1 aliphatic carbocycles. The molecule has 1 saturated carbocycles. The number of ether oxygens (including phenoxy) is 1. The first kappa shape index (κ1) is 18.2. The predicted octanol–water partition coefficient (Wildman–Crippen LogP) is 2.34. The lowest BCUT2D eigenvalue weighted by molar-refractivity contribution is 0.361. The Labute approximate surface area is 145 Å². The molecule has 21 heavy (non-hydrogen) atoms. The zero-order chi connectivity index (χ0) is 14.6. The standard InChI is InChI=1S/C14H21N3O2S.HI/c1-19-12-6-4-11(5-7-12)17-13(15)16-10-14(20(2)18)8-3-9-14;/h4-7H,3,8-10H2,1-2H3,(H3,15,16,17);1H. The van der Waals surface area contributed by atoms with Gasteiger partial charge in [0, 0.05) is 22.7 Å². The van der Waals surface area contributed by atoms with Crippen LogP contribution in [0.25, 0.3) is 0 Å². The molecular weight excluding hydrogens is 401 g/mol. The molecule has 0 heterocycles. The van der Waals surface area contributed by atoms with E-state index in [0.29, 0.717) is 12.5 Å². The van der Waals surface area contributed by atoms with Crippen molar-refractivity contribution >= 4 is 46.4 Å². The summed E-state index contributed by atoms with van der Waals surface area (Å²) < 4.78 is 16.7. The van der Waals surface area contributed by atoms with Gasteiger partial charge in [-0.05, 0) is 37.1 Å². The summed E-state index contributed by atoms with van der Waals surface area (Å²) >= 11 is 0. The van der Waals surface area contributed by atoms with Crippen molar-refractivity contribution in [3.05, 3.63) is 24.3 Å². The number of anilines is 1. The van der Waals surface area contributed by atoms with Gasteiger partial charge in [-0.25, -0.2) is 0 Å². The van der Waals surface area contributed by atoms with Gasteiger partial charge in [0.1, 0.15) is 5.75 Å². The van der Waals surface area contributed by atoms with Gasteiger partial charge >= 0.3 is 0 Å². The van der Waals surface area contributed by atoms with Crippen LogP contribution in [0.15, 0.2) is 29.3 Å². The smallest absolute Gasteiger partial charge is 0.193 e. The molecule has 0 aromatic heterocycles. The Bertz CT molecular complexity index is 515.